The predicted molar refractivity (Wildman–Crippen MR) is 154 cm³/mol. The number of para-hydroxylation sites is 1. The van der Waals surface area contributed by atoms with E-state index in [2.05, 4.69) is 57.4 Å². The zero-order valence-electron chi connectivity index (χ0n) is 21.4. The Labute approximate surface area is 229 Å². The number of thiophene rings is 1. The number of nitrogens with zero attached hydrogens (tertiary/aromatic N) is 2. The minimum absolute atomic E-state index is 0.149. The van der Waals surface area contributed by atoms with E-state index in [0.29, 0.717) is 12.2 Å². The molecule has 0 unspecified atom stereocenters. The molecule has 1 aromatic heterocycles. The summed E-state index contributed by atoms with van der Waals surface area (Å²) < 4.78 is 0. The van der Waals surface area contributed by atoms with E-state index in [4.69, 9.17) is 11.6 Å². The smallest absolute Gasteiger partial charge is 0.225 e. The zero-order valence-corrected chi connectivity index (χ0v) is 23.0. The number of hydrogen-bond acceptors (Lipinski definition) is 5. The third-order valence-corrected chi connectivity index (χ3v) is 8.40. The van der Waals surface area contributed by atoms with Gasteiger partial charge in [-0.15, -0.1) is 11.3 Å². The molecular weight excluding hydrogens is 502 g/mol. The number of nitrogens with one attached hydrogen (secondary N) is 1. The second-order valence-corrected chi connectivity index (χ2v) is 11.0. The number of amides is 1. The monoisotopic (exact) mass is 537 g/mol. The van der Waals surface area contributed by atoms with Gasteiger partial charge in [-0.3, -0.25) is 4.79 Å². The summed E-state index contributed by atoms with van der Waals surface area (Å²) in [5.41, 5.74) is 4.31. The number of aliphatic hydroxyl groups excluding tert-OH is 1. The average Bonchev–Trinajstić information content (AvgIpc) is 3.39. The SMILES string of the molecule is C=C([C@H](O)[C@@H](C)C(=O)NCCc1cc(CCc2ccccc2)cs1)N1CCN(c2ccccc2Cl)CC1. The van der Waals surface area contributed by atoms with Crippen molar-refractivity contribution in [3.8, 4) is 0 Å². The molecule has 4 rings (SSSR count). The number of hydrogen-bond donors (Lipinski definition) is 2. The van der Waals surface area contributed by atoms with Gasteiger partial charge in [0.25, 0.3) is 0 Å². The van der Waals surface area contributed by atoms with Crippen LogP contribution in [0.15, 0.2) is 78.3 Å². The third-order valence-electron chi connectivity index (χ3n) is 7.03. The summed E-state index contributed by atoms with van der Waals surface area (Å²) in [5.74, 6) is -0.719. The number of halogens is 1. The maximum Gasteiger partial charge on any atom is 0.225 e. The number of benzene rings is 2. The highest BCUT2D eigenvalue weighted by Gasteiger charge is 2.29. The van der Waals surface area contributed by atoms with Gasteiger partial charge in [-0.25, -0.2) is 0 Å². The minimum atomic E-state index is -0.918. The van der Waals surface area contributed by atoms with E-state index in [1.165, 1.54) is 16.0 Å². The van der Waals surface area contributed by atoms with Crippen LogP contribution in [-0.4, -0.2) is 54.7 Å². The molecule has 2 N–H and O–H groups in total. The molecule has 3 aromatic rings. The summed E-state index contributed by atoms with van der Waals surface area (Å²) in [4.78, 5) is 18.3. The standard InChI is InChI=1S/C30H36ClN3O2S/c1-22(29(35)23(2)33-16-18-34(19-17-33)28-11-7-6-10-27(28)31)30(36)32-15-14-26-20-25(21-37-26)13-12-24-8-4-3-5-9-24/h3-11,20-22,29,35H,2,12-19H2,1H3,(H,32,36)/t22-,29-/m1/s1. The Morgan fingerprint density at radius 1 is 1.03 bits per heavy atom. The molecule has 0 radical (unpaired) electrons. The van der Waals surface area contributed by atoms with Gasteiger partial charge in [-0.1, -0.05) is 67.6 Å². The van der Waals surface area contributed by atoms with Gasteiger partial charge in [0, 0.05) is 43.3 Å². The fourth-order valence-electron chi connectivity index (χ4n) is 4.65. The van der Waals surface area contributed by atoms with Crippen molar-refractivity contribution < 1.29 is 9.90 Å². The molecular formula is C30H36ClN3O2S. The van der Waals surface area contributed by atoms with Crippen molar-refractivity contribution in [1.82, 2.24) is 10.2 Å². The Balaban J connectivity index is 1.18. The first kappa shape index (κ1) is 27.2. The summed E-state index contributed by atoms with van der Waals surface area (Å²) in [6.07, 6.45) is 1.92. The maximum atomic E-state index is 12.8. The zero-order chi connectivity index (χ0) is 26.2. The Bertz CT molecular complexity index is 1170. The Kier molecular flexibility index (Phi) is 9.67. The molecule has 7 heteroatoms. The van der Waals surface area contributed by atoms with E-state index < -0.39 is 12.0 Å². The van der Waals surface area contributed by atoms with Gasteiger partial charge in [0.05, 0.1) is 16.6 Å². The molecule has 1 amide bonds. The van der Waals surface area contributed by atoms with Crippen LogP contribution in [0.4, 0.5) is 5.69 Å². The lowest BCUT2D eigenvalue weighted by Gasteiger charge is -2.40. The van der Waals surface area contributed by atoms with Crippen LogP contribution in [0.2, 0.25) is 5.02 Å². The van der Waals surface area contributed by atoms with E-state index >= 15 is 0 Å². The van der Waals surface area contributed by atoms with Gasteiger partial charge in [0.15, 0.2) is 0 Å². The molecule has 1 saturated heterocycles. The van der Waals surface area contributed by atoms with Crippen LogP contribution in [0.5, 0.6) is 0 Å². The number of aliphatic hydroxyl groups is 1. The molecule has 1 fully saturated rings. The topological polar surface area (TPSA) is 55.8 Å². The number of piperazine rings is 1. The van der Waals surface area contributed by atoms with E-state index in [-0.39, 0.29) is 5.91 Å². The summed E-state index contributed by atoms with van der Waals surface area (Å²) in [5, 5.41) is 16.8. The fraction of sp³-hybridized carbons (Fsp3) is 0.367. The molecule has 0 bridgehead atoms. The first-order valence-electron chi connectivity index (χ1n) is 12.9. The molecule has 2 aromatic carbocycles. The quantitative estimate of drug-likeness (QED) is 0.354. The molecule has 1 aliphatic heterocycles. The number of anilines is 1. The Morgan fingerprint density at radius 2 is 1.70 bits per heavy atom. The van der Waals surface area contributed by atoms with Gasteiger partial charge in [0.2, 0.25) is 5.91 Å². The molecule has 0 aliphatic carbocycles. The number of carbonyl (C=O) groups excluding carboxylic acids is 1. The van der Waals surface area contributed by atoms with Crippen LogP contribution in [0, 0.1) is 5.92 Å². The highest BCUT2D eigenvalue weighted by atomic mass is 35.5. The largest absolute Gasteiger partial charge is 0.386 e. The van der Waals surface area contributed by atoms with Gasteiger partial charge in [-0.2, -0.15) is 0 Å². The summed E-state index contributed by atoms with van der Waals surface area (Å²) >= 11 is 8.09. The van der Waals surface area contributed by atoms with Crippen molar-refractivity contribution in [2.45, 2.75) is 32.3 Å². The van der Waals surface area contributed by atoms with Crippen molar-refractivity contribution >= 4 is 34.5 Å². The number of aryl methyl sites for hydroxylation is 2. The van der Waals surface area contributed by atoms with Crippen LogP contribution in [0.3, 0.4) is 0 Å². The summed E-state index contributed by atoms with van der Waals surface area (Å²) in [6.45, 7) is 9.44. The van der Waals surface area contributed by atoms with Crippen LogP contribution >= 0.6 is 22.9 Å². The van der Waals surface area contributed by atoms with Gasteiger partial charge in [-0.05, 0) is 54.0 Å². The van der Waals surface area contributed by atoms with E-state index in [9.17, 15) is 9.90 Å². The van der Waals surface area contributed by atoms with Crippen LogP contribution in [-0.2, 0) is 24.1 Å². The molecule has 0 spiro atoms. The lowest BCUT2D eigenvalue weighted by molar-refractivity contribution is -0.127. The van der Waals surface area contributed by atoms with Crippen LogP contribution in [0.25, 0.3) is 0 Å². The van der Waals surface area contributed by atoms with Crippen molar-refractivity contribution in [1.29, 1.82) is 0 Å². The van der Waals surface area contributed by atoms with Crippen molar-refractivity contribution in [3.63, 3.8) is 0 Å². The second-order valence-electron chi connectivity index (χ2n) is 9.60. The normalized spacial score (nSPS) is 15.3. The molecule has 0 saturated carbocycles. The average molecular weight is 538 g/mol. The third kappa shape index (κ3) is 7.37. The van der Waals surface area contributed by atoms with Crippen molar-refractivity contribution in [3.05, 3.63) is 99.3 Å². The molecule has 37 heavy (non-hydrogen) atoms. The van der Waals surface area contributed by atoms with Crippen LogP contribution in [0.1, 0.15) is 22.9 Å². The molecule has 2 heterocycles. The predicted octanol–water partition coefficient (Wildman–Crippen LogP) is 5.18. The molecule has 5 nitrogen and oxygen atoms in total. The lowest BCUT2D eigenvalue weighted by Crippen LogP contribution is -2.49. The minimum Gasteiger partial charge on any atom is -0.386 e. The van der Waals surface area contributed by atoms with Crippen LogP contribution < -0.4 is 10.2 Å². The van der Waals surface area contributed by atoms with Crippen molar-refractivity contribution in [2.24, 2.45) is 5.92 Å². The molecule has 2 atom stereocenters. The highest BCUT2D eigenvalue weighted by Crippen LogP contribution is 2.27. The molecule has 1 aliphatic rings. The number of carbonyl (C=O) groups is 1. The first-order valence-corrected chi connectivity index (χ1v) is 14.2. The van der Waals surface area contributed by atoms with Crippen molar-refractivity contribution in [2.75, 3.05) is 37.6 Å². The van der Waals surface area contributed by atoms with E-state index in [1.807, 2.05) is 30.3 Å². The maximum absolute atomic E-state index is 12.8. The lowest BCUT2D eigenvalue weighted by atomic mass is 10.00. The summed E-state index contributed by atoms with van der Waals surface area (Å²) in [7, 11) is 0. The summed E-state index contributed by atoms with van der Waals surface area (Å²) in [6, 6.07) is 20.6. The highest BCUT2D eigenvalue weighted by molar-refractivity contribution is 7.10. The second kappa shape index (κ2) is 13.1. The van der Waals surface area contributed by atoms with E-state index in [0.717, 1.165) is 56.2 Å². The van der Waals surface area contributed by atoms with E-state index in [1.54, 1.807) is 18.3 Å². The number of rotatable bonds is 11. The Morgan fingerprint density at radius 3 is 2.43 bits per heavy atom. The first-order chi connectivity index (χ1) is 17.9. The van der Waals surface area contributed by atoms with Gasteiger partial charge < -0.3 is 20.2 Å². The van der Waals surface area contributed by atoms with Gasteiger partial charge >= 0.3 is 0 Å². The molecule has 196 valence electrons. The fourth-order valence-corrected chi connectivity index (χ4v) is 5.84. The van der Waals surface area contributed by atoms with Gasteiger partial charge in [0.1, 0.15) is 6.10 Å². The Hall–Kier alpha value is -2.80.